The van der Waals surface area contributed by atoms with Crippen molar-refractivity contribution in [3.63, 3.8) is 0 Å². The van der Waals surface area contributed by atoms with Crippen molar-refractivity contribution in [3.8, 4) is 0 Å². The number of nitrogens with zero attached hydrogens (tertiary/aromatic N) is 2. The molecule has 1 aromatic carbocycles. The fourth-order valence-corrected chi connectivity index (χ4v) is 2.70. The van der Waals surface area contributed by atoms with E-state index < -0.39 is 0 Å². The molecule has 0 spiro atoms. The number of fused-ring (bicyclic) bond motifs is 1. The minimum atomic E-state index is -0.254. The normalized spacial score (nSPS) is 12.8. The number of pyridine rings is 1. The van der Waals surface area contributed by atoms with Gasteiger partial charge in [0.15, 0.2) is 0 Å². The van der Waals surface area contributed by atoms with Gasteiger partial charge in [-0.05, 0) is 42.3 Å². The second-order valence-electron chi connectivity index (χ2n) is 4.68. The number of hydrogen-bond acceptors (Lipinski definition) is 2. The molecule has 0 amide bonds. The van der Waals surface area contributed by atoms with E-state index in [0.717, 1.165) is 21.1 Å². The van der Waals surface area contributed by atoms with Gasteiger partial charge >= 0.3 is 0 Å². The van der Waals surface area contributed by atoms with Gasteiger partial charge in [0.1, 0.15) is 5.82 Å². The smallest absolute Gasteiger partial charge is 0.123 e. The lowest BCUT2D eigenvalue weighted by Gasteiger charge is -2.12. The van der Waals surface area contributed by atoms with Crippen molar-refractivity contribution < 1.29 is 4.39 Å². The van der Waals surface area contributed by atoms with Crippen molar-refractivity contribution in [2.75, 3.05) is 0 Å². The third-order valence-corrected chi connectivity index (χ3v) is 4.08. The molecule has 0 radical (unpaired) electrons. The molecule has 0 aliphatic rings. The average Bonchev–Trinajstić information content (AvgIpc) is 2.87. The van der Waals surface area contributed by atoms with E-state index >= 15 is 0 Å². The molecule has 0 aliphatic heterocycles. The number of halogens is 2. The molecule has 0 aliphatic carbocycles. The first kappa shape index (κ1) is 13.3. The highest BCUT2D eigenvalue weighted by Crippen LogP contribution is 2.25. The van der Waals surface area contributed by atoms with E-state index in [1.807, 2.05) is 24.4 Å². The SMILES string of the molecule is NC(Cc1cc(F)ccc1Br)c1cnn2ccccc12. The van der Waals surface area contributed by atoms with Gasteiger partial charge in [-0.1, -0.05) is 22.0 Å². The van der Waals surface area contributed by atoms with Crippen molar-refractivity contribution in [2.45, 2.75) is 12.5 Å². The lowest BCUT2D eigenvalue weighted by molar-refractivity contribution is 0.621. The Morgan fingerprint density at radius 2 is 2.15 bits per heavy atom. The molecule has 3 nitrogen and oxygen atoms in total. The molecular weight excluding hydrogens is 321 g/mol. The lowest BCUT2D eigenvalue weighted by Crippen LogP contribution is -2.13. The Hall–Kier alpha value is -1.72. The molecule has 0 saturated carbocycles. The van der Waals surface area contributed by atoms with E-state index in [0.29, 0.717) is 6.42 Å². The molecular formula is C15H13BrFN3. The van der Waals surface area contributed by atoms with Crippen molar-refractivity contribution in [2.24, 2.45) is 5.73 Å². The largest absolute Gasteiger partial charge is 0.324 e. The molecule has 5 heteroatoms. The molecule has 0 saturated heterocycles. The lowest BCUT2D eigenvalue weighted by atomic mass is 10.0. The highest BCUT2D eigenvalue weighted by Gasteiger charge is 2.14. The van der Waals surface area contributed by atoms with Crippen molar-refractivity contribution in [1.29, 1.82) is 0 Å². The number of nitrogens with two attached hydrogens (primary N) is 1. The van der Waals surface area contributed by atoms with Crippen molar-refractivity contribution >= 4 is 21.4 Å². The quantitative estimate of drug-likeness (QED) is 0.797. The number of benzene rings is 1. The van der Waals surface area contributed by atoms with Gasteiger partial charge in [-0.3, -0.25) is 0 Å². The Labute approximate surface area is 124 Å². The molecule has 2 aromatic heterocycles. The van der Waals surface area contributed by atoms with E-state index in [-0.39, 0.29) is 11.9 Å². The highest BCUT2D eigenvalue weighted by atomic mass is 79.9. The van der Waals surface area contributed by atoms with Crippen molar-refractivity contribution in [3.05, 3.63) is 70.2 Å². The van der Waals surface area contributed by atoms with Gasteiger partial charge < -0.3 is 5.73 Å². The van der Waals surface area contributed by atoms with E-state index in [1.165, 1.54) is 12.1 Å². The van der Waals surface area contributed by atoms with Crippen LogP contribution in [-0.4, -0.2) is 9.61 Å². The van der Waals surface area contributed by atoms with Crippen molar-refractivity contribution in [1.82, 2.24) is 9.61 Å². The maximum absolute atomic E-state index is 13.3. The predicted molar refractivity (Wildman–Crippen MR) is 79.9 cm³/mol. The summed E-state index contributed by atoms with van der Waals surface area (Å²) in [6.45, 7) is 0. The summed E-state index contributed by atoms with van der Waals surface area (Å²) in [6.07, 6.45) is 4.20. The fraction of sp³-hybridized carbons (Fsp3) is 0.133. The van der Waals surface area contributed by atoms with Crippen LogP contribution in [-0.2, 0) is 6.42 Å². The van der Waals surface area contributed by atoms with Gasteiger partial charge in [0.25, 0.3) is 0 Å². The Balaban J connectivity index is 1.93. The topological polar surface area (TPSA) is 43.3 Å². The molecule has 0 bridgehead atoms. The summed E-state index contributed by atoms with van der Waals surface area (Å²) >= 11 is 3.43. The maximum Gasteiger partial charge on any atom is 0.123 e. The van der Waals surface area contributed by atoms with Gasteiger partial charge in [-0.25, -0.2) is 8.91 Å². The summed E-state index contributed by atoms with van der Waals surface area (Å²) in [4.78, 5) is 0. The zero-order valence-corrected chi connectivity index (χ0v) is 12.2. The average molecular weight is 334 g/mol. The Kier molecular flexibility index (Phi) is 3.54. The third kappa shape index (κ3) is 2.46. The summed E-state index contributed by atoms with van der Waals surface area (Å²) in [5, 5.41) is 4.27. The summed E-state index contributed by atoms with van der Waals surface area (Å²) in [6, 6.07) is 10.2. The van der Waals surface area contributed by atoms with Gasteiger partial charge in [-0.15, -0.1) is 0 Å². The van der Waals surface area contributed by atoms with Crippen LogP contribution in [0, 0.1) is 5.82 Å². The van der Waals surface area contributed by atoms with E-state index in [2.05, 4.69) is 21.0 Å². The molecule has 2 N–H and O–H groups in total. The van der Waals surface area contributed by atoms with E-state index in [4.69, 9.17) is 5.73 Å². The van der Waals surface area contributed by atoms with Crippen LogP contribution in [0.5, 0.6) is 0 Å². The molecule has 1 atom stereocenters. The van der Waals surface area contributed by atoms with Crippen LogP contribution >= 0.6 is 15.9 Å². The Morgan fingerprint density at radius 1 is 1.30 bits per heavy atom. The van der Waals surface area contributed by atoms with Crippen LogP contribution in [0.3, 0.4) is 0 Å². The van der Waals surface area contributed by atoms with Crippen LogP contribution in [0.4, 0.5) is 4.39 Å². The second-order valence-corrected chi connectivity index (χ2v) is 5.53. The zero-order chi connectivity index (χ0) is 14.1. The van der Waals surface area contributed by atoms with Crippen LogP contribution in [0.25, 0.3) is 5.52 Å². The third-order valence-electron chi connectivity index (χ3n) is 3.30. The van der Waals surface area contributed by atoms with Crippen LogP contribution in [0.2, 0.25) is 0 Å². The summed E-state index contributed by atoms with van der Waals surface area (Å²) in [5.74, 6) is -0.254. The zero-order valence-electron chi connectivity index (χ0n) is 10.6. The van der Waals surface area contributed by atoms with Crippen LogP contribution in [0.1, 0.15) is 17.2 Å². The Morgan fingerprint density at radius 3 is 3.00 bits per heavy atom. The highest BCUT2D eigenvalue weighted by molar-refractivity contribution is 9.10. The van der Waals surface area contributed by atoms with E-state index in [1.54, 1.807) is 16.8 Å². The molecule has 3 rings (SSSR count). The summed E-state index contributed by atoms with van der Waals surface area (Å²) in [5.41, 5.74) is 9.05. The molecule has 3 aromatic rings. The molecule has 1 unspecified atom stereocenters. The summed E-state index contributed by atoms with van der Waals surface area (Å²) < 4.78 is 16.0. The first-order valence-electron chi connectivity index (χ1n) is 6.27. The predicted octanol–water partition coefficient (Wildman–Crippen LogP) is 3.48. The van der Waals surface area contributed by atoms with Gasteiger partial charge in [0, 0.05) is 22.3 Å². The minimum Gasteiger partial charge on any atom is -0.324 e. The number of aromatic nitrogens is 2. The molecule has 0 fully saturated rings. The Bertz CT molecular complexity index is 754. The summed E-state index contributed by atoms with van der Waals surface area (Å²) in [7, 11) is 0. The number of hydrogen-bond donors (Lipinski definition) is 1. The first-order valence-corrected chi connectivity index (χ1v) is 7.06. The first-order chi connectivity index (χ1) is 9.65. The van der Waals surface area contributed by atoms with E-state index in [9.17, 15) is 4.39 Å². The molecule has 20 heavy (non-hydrogen) atoms. The van der Waals surface area contributed by atoms with Crippen LogP contribution in [0.15, 0.2) is 53.3 Å². The number of rotatable bonds is 3. The van der Waals surface area contributed by atoms with Gasteiger partial charge in [-0.2, -0.15) is 5.10 Å². The molecule has 2 heterocycles. The fourth-order valence-electron chi connectivity index (χ4n) is 2.29. The maximum atomic E-state index is 13.3. The monoisotopic (exact) mass is 333 g/mol. The minimum absolute atomic E-state index is 0.229. The van der Waals surface area contributed by atoms with Gasteiger partial charge in [0.05, 0.1) is 11.7 Å². The van der Waals surface area contributed by atoms with Crippen LogP contribution < -0.4 is 5.73 Å². The second kappa shape index (κ2) is 5.34. The standard InChI is InChI=1S/C15H13BrFN3/c16-13-5-4-11(17)7-10(13)8-14(18)12-9-19-20-6-2-1-3-15(12)20/h1-7,9,14H,8,18H2. The molecule has 102 valence electrons. The van der Waals surface area contributed by atoms with Gasteiger partial charge in [0.2, 0.25) is 0 Å².